The molecule has 1 amide bonds. The highest BCUT2D eigenvalue weighted by Crippen LogP contribution is 2.33. The van der Waals surface area contributed by atoms with Crippen molar-refractivity contribution in [2.75, 3.05) is 0 Å². The fourth-order valence-corrected chi connectivity index (χ4v) is 5.61. The molecule has 1 N–H and O–H groups in total. The van der Waals surface area contributed by atoms with Crippen LogP contribution in [0.5, 0.6) is 0 Å². The predicted octanol–water partition coefficient (Wildman–Crippen LogP) is 5.06. The van der Waals surface area contributed by atoms with Gasteiger partial charge < -0.3 is 14.5 Å². The Morgan fingerprint density at radius 2 is 1.63 bits per heavy atom. The number of aromatic nitrogens is 2. The molecule has 0 spiro atoms. The van der Waals surface area contributed by atoms with Gasteiger partial charge in [-0.2, -0.15) is 0 Å². The molecule has 2 heterocycles. The molecule has 2 aromatic heterocycles. The van der Waals surface area contributed by atoms with Crippen molar-refractivity contribution in [1.29, 1.82) is 0 Å². The maximum Gasteiger partial charge on any atom is 0.275 e. The first-order chi connectivity index (χ1) is 14.6. The predicted molar refractivity (Wildman–Crippen MR) is 121 cm³/mol. The summed E-state index contributed by atoms with van der Waals surface area (Å²) >= 11 is 0. The van der Waals surface area contributed by atoms with E-state index in [0.717, 1.165) is 54.8 Å². The lowest BCUT2D eigenvalue weighted by atomic mass is 10.0. The molecule has 0 saturated heterocycles. The van der Waals surface area contributed by atoms with Crippen LogP contribution in [0.3, 0.4) is 0 Å². The Labute approximate surface area is 177 Å². The summed E-state index contributed by atoms with van der Waals surface area (Å²) < 4.78 is 3.83. The van der Waals surface area contributed by atoms with Crippen LogP contribution in [0.25, 0.3) is 21.8 Å². The lowest BCUT2D eigenvalue weighted by Gasteiger charge is -2.19. The first kappa shape index (κ1) is 19.4. The second-order valence-electron chi connectivity index (χ2n) is 9.16. The van der Waals surface area contributed by atoms with Gasteiger partial charge in [0, 0.05) is 41.6 Å². The molecule has 2 fully saturated rings. The van der Waals surface area contributed by atoms with Crippen molar-refractivity contribution in [3.63, 3.8) is 0 Å². The largest absolute Gasteiger partial charge is 0.349 e. The summed E-state index contributed by atoms with van der Waals surface area (Å²) in [7, 11) is 1.94. The number of carbonyl (C=O) groups is 1. The molecule has 0 radical (unpaired) electrons. The van der Waals surface area contributed by atoms with Gasteiger partial charge in [0.05, 0.1) is 5.56 Å². The zero-order valence-corrected chi connectivity index (χ0v) is 17.8. The molecule has 158 valence electrons. The average molecular weight is 406 g/mol. The second-order valence-corrected chi connectivity index (χ2v) is 9.16. The molecule has 3 aromatic rings. The number of amides is 1. The number of benzene rings is 1. The molecular formula is C25H31N3O2. The van der Waals surface area contributed by atoms with E-state index >= 15 is 0 Å². The van der Waals surface area contributed by atoms with E-state index in [-0.39, 0.29) is 23.6 Å². The van der Waals surface area contributed by atoms with Crippen LogP contribution in [0.1, 0.15) is 80.6 Å². The minimum Gasteiger partial charge on any atom is -0.349 e. The molecule has 2 aliphatic carbocycles. The van der Waals surface area contributed by atoms with Crippen LogP contribution in [0, 0.1) is 0 Å². The molecule has 30 heavy (non-hydrogen) atoms. The highest BCUT2D eigenvalue weighted by atomic mass is 16.2. The normalized spacial score (nSPS) is 18.8. The maximum absolute atomic E-state index is 13.5. The fourth-order valence-electron chi connectivity index (χ4n) is 5.61. The van der Waals surface area contributed by atoms with Crippen molar-refractivity contribution >= 4 is 27.7 Å². The molecule has 2 aliphatic rings. The third-order valence-electron chi connectivity index (χ3n) is 7.23. The first-order valence-electron chi connectivity index (χ1n) is 11.6. The molecule has 0 bridgehead atoms. The number of nitrogens with zero attached hydrogens (tertiary/aromatic N) is 2. The molecule has 5 nitrogen and oxygen atoms in total. The van der Waals surface area contributed by atoms with Gasteiger partial charge in [-0.1, -0.05) is 56.7 Å². The van der Waals surface area contributed by atoms with Gasteiger partial charge in [-0.3, -0.25) is 9.59 Å². The Kier molecular flexibility index (Phi) is 5.13. The third kappa shape index (κ3) is 3.24. The van der Waals surface area contributed by atoms with Crippen molar-refractivity contribution < 1.29 is 4.79 Å². The van der Waals surface area contributed by atoms with E-state index in [1.165, 1.54) is 25.7 Å². The summed E-state index contributed by atoms with van der Waals surface area (Å²) in [5.41, 5.74) is 2.33. The van der Waals surface area contributed by atoms with Gasteiger partial charge >= 0.3 is 0 Å². The van der Waals surface area contributed by atoms with Crippen molar-refractivity contribution in [2.45, 2.75) is 76.3 Å². The number of aryl methyl sites for hydroxylation is 1. The van der Waals surface area contributed by atoms with Crippen molar-refractivity contribution in [3.05, 3.63) is 46.4 Å². The Bertz CT molecular complexity index is 1140. The highest BCUT2D eigenvalue weighted by Gasteiger charge is 2.26. The van der Waals surface area contributed by atoms with E-state index < -0.39 is 0 Å². The number of hydrogen-bond acceptors (Lipinski definition) is 2. The fraction of sp³-hybridized carbons (Fsp3) is 0.520. The van der Waals surface area contributed by atoms with E-state index in [1.54, 1.807) is 0 Å². The maximum atomic E-state index is 13.5. The minimum absolute atomic E-state index is 0.0293. The van der Waals surface area contributed by atoms with Crippen LogP contribution in [0.2, 0.25) is 0 Å². The topological polar surface area (TPSA) is 56.0 Å². The van der Waals surface area contributed by atoms with Crippen LogP contribution in [0.4, 0.5) is 0 Å². The van der Waals surface area contributed by atoms with E-state index in [4.69, 9.17) is 0 Å². The second kappa shape index (κ2) is 7.93. The van der Waals surface area contributed by atoms with Crippen LogP contribution in [-0.2, 0) is 7.05 Å². The third-order valence-corrected chi connectivity index (χ3v) is 7.23. The van der Waals surface area contributed by atoms with Gasteiger partial charge in [0.2, 0.25) is 0 Å². The number of fused-ring (bicyclic) bond motifs is 3. The molecular weight excluding hydrogens is 374 g/mol. The van der Waals surface area contributed by atoms with E-state index in [9.17, 15) is 9.59 Å². The monoisotopic (exact) mass is 405 g/mol. The van der Waals surface area contributed by atoms with Crippen molar-refractivity contribution in [1.82, 2.24) is 14.5 Å². The van der Waals surface area contributed by atoms with Crippen LogP contribution in [-0.4, -0.2) is 21.1 Å². The van der Waals surface area contributed by atoms with E-state index in [1.807, 2.05) is 46.6 Å². The SMILES string of the molecule is Cn1c2ccccc2c2c(C(=O)NC3CCCCCC3)cn(C3CCCC3)c(=O)c21. The zero-order valence-electron chi connectivity index (χ0n) is 17.8. The number of rotatable bonds is 3. The molecule has 0 atom stereocenters. The number of carbonyl (C=O) groups excluding carboxylic acids is 1. The molecule has 2 saturated carbocycles. The Hall–Kier alpha value is -2.56. The summed E-state index contributed by atoms with van der Waals surface area (Å²) in [6.07, 6.45) is 13.1. The lowest BCUT2D eigenvalue weighted by molar-refractivity contribution is 0.0934. The van der Waals surface area contributed by atoms with Gasteiger partial charge in [-0.05, 0) is 31.7 Å². The smallest absolute Gasteiger partial charge is 0.275 e. The quantitative estimate of drug-likeness (QED) is 0.619. The summed E-state index contributed by atoms with van der Waals surface area (Å²) in [6.45, 7) is 0. The number of hydrogen-bond donors (Lipinski definition) is 1. The van der Waals surface area contributed by atoms with Crippen molar-refractivity contribution in [2.24, 2.45) is 7.05 Å². The van der Waals surface area contributed by atoms with Gasteiger partial charge in [0.15, 0.2) is 0 Å². The molecule has 5 heteroatoms. The average Bonchev–Trinajstić information content (AvgIpc) is 3.30. The standard InChI is InChI=1S/C25H31N3O2/c1-27-21-15-9-8-14-19(21)22-20(24(29)26-17-10-4-2-3-5-11-17)16-28(25(30)23(22)27)18-12-6-7-13-18/h8-9,14-18H,2-7,10-13H2,1H3,(H,26,29). The summed E-state index contributed by atoms with van der Waals surface area (Å²) in [5.74, 6) is -0.0324. The minimum atomic E-state index is -0.0324. The van der Waals surface area contributed by atoms with Gasteiger partial charge in [0.25, 0.3) is 11.5 Å². The number of nitrogens with one attached hydrogen (secondary N) is 1. The van der Waals surface area contributed by atoms with E-state index in [2.05, 4.69) is 5.32 Å². The Balaban J connectivity index is 1.68. The van der Waals surface area contributed by atoms with Gasteiger partial charge in [-0.25, -0.2) is 0 Å². The van der Waals surface area contributed by atoms with E-state index in [0.29, 0.717) is 11.1 Å². The number of para-hydroxylation sites is 1. The summed E-state index contributed by atoms with van der Waals surface area (Å²) in [4.78, 5) is 27.1. The number of pyridine rings is 1. The van der Waals surface area contributed by atoms with Crippen LogP contribution in [0.15, 0.2) is 35.3 Å². The van der Waals surface area contributed by atoms with Crippen LogP contribution < -0.4 is 10.9 Å². The Morgan fingerprint density at radius 3 is 2.37 bits per heavy atom. The summed E-state index contributed by atoms with van der Waals surface area (Å²) in [5, 5.41) is 5.10. The molecule has 5 rings (SSSR count). The zero-order chi connectivity index (χ0) is 20.7. The molecule has 0 aliphatic heterocycles. The lowest BCUT2D eigenvalue weighted by Crippen LogP contribution is -2.36. The highest BCUT2D eigenvalue weighted by molar-refractivity contribution is 6.17. The Morgan fingerprint density at radius 1 is 0.967 bits per heavy atom. The van der Waals surface area contributed by atoms with Crippen molar-refractivity contribution in [3.8, 4) is 0 Å². The molecule has 1 aromatic carbocycles. The summed E-state index contributed by atoms with van der Waals surface area (Å²) in [6, 6.07) is 8.46. The first-order valence-corrected chi connectivity index (χ1v) is 11.6. The van der Waals surface area contributed by atoms with Crippen LogP contribution >= 0.6 is 0 Å². The molecule has 0 unspecified atom stereocenters. The van der Waals surface area contributed by atoms with Gasteiger partial charge in [-0.15, -0.1) is 0 Å². The van der Waals surface area contributed by atoms with Gasteiger partial charge in [0.1, 0.15) is 5.52 Å².